The predicted octanol–water partition coefficient (Wildman–Crippen LogP) is 4.05. The van der Waals surface area contributed by atoms with Gasteiger partial charge in [-0.15, -0.1) is 0 Å². The molecule has 1 aromatic rings. The minimum atomic E-state index is -0.00986. The largest absolute Gasteiger partial charge is 0.351 e. The number of rotatable bonds is 5. The summed E-state index contributed by atoms with van der Waals surface area (Å²) in [6.45, 7) is 4.74. The molecule has 2 nitrogen and oxygen atoms in total. The minimum absolute atomic E-state index is 0.00986. The van der Waals surface area contributed by atoms with Gasteiger partial charge in [-0.25, -0.2) is 0 Å². The standard InChI is InChI=1S/C13H17Br2NO/c1-3-5-10(14)8-16-13(17)11-6-4-7-12(15)9(11)2/h4,6-7,10H,3,5,8H2,1-2H3,(H,16,17). The molecule has 0 spiro atoms. The van der Waals surface area contributed by atoms with Crippen LogP contribution in [0.15, 0.2) is 22.7 Å². The lowest BCUT2D eigenvalue weighted by atomic mass is 10.1. The Balaban J connectivity index is 2.61. The molecule has 17 heavy (non-hydrogen) atoms. The Morgan fingerprint density at radius 3 is 2.82 bits per heavy atom. The number of carbonyl (C=O) groups is 1. The summed E-state index contributed by atoms with van der Waals surface area (Å²) in [4.78, 5) is 12.3. The van der Waals surface area contributed by atoms with Gasteiger partial charge in [-0.05, 0) is 31.0 Å². The molecule has 0 aliphatic rings. The molecule has 0 aliphatic heterocycles. The van der Waals surface area contributed by atoms with Gasteiger partial charge in [-0.1, -0.05) is 51.3 Å². The van der Waals surface area contributed by atoms with Gasteiger partial charge in [-0.2, -0.15) is 0 Å². The minimum Gasteiger partial charge on any atom is -0.351 e. The fraction of sp³-hybridized carbons (Fsp3) is 0.462. The number of hydrogen-bond donors (Lipinski definition) is 1. The number of carbonyl (C=O) groups excluding carboxylic acids is 1. The first-order chi connectivity index (χ1) is 8.06. The predicted molar refractivity (Wildman–Crippen MR) is 78.8 cm³/mol. The van der Waals surface area contributed by atoms with Gasteiger partial charge in [0.05, 0.1) is 0 Å². The highest BCUT2D eigenvalue weighted by Gasteiger charge is 2.11. The van der Waals surface area contributed by atoms with Crippen LogP contribution in [0.3, 0.4) is 0 Å². The molecule has 0 fully saturated rings. The molecule has 1 N–H and O–H groups in total. The molecule has 1 amide bonds. The SMILES string of the molecule is CCCC(Br)CNC(=O)c1cccc(Br)c1C. The number of nitrogens with one attached hydrogen (secondary N) is 1. The monoisotopic (exact) mass is 361 g/mol. The van der Waals surface area contributed by atoms with Crippen LogP contribution in [0.1, 0.15) is 35.7 Å². The number of amides is 1. The van der Waals surface area contributed by atoms with Crippen molar-refractivity contribution in [2.75, 3.05) is 6.54 Å². The van der Waals surface area contributed by atoms with E-state index >= 15 is 0 Å². The third kappa shape index (κ3) is 4.43. The summed E-state index contributed by atoms with van der Waals surface area (Å²) < 4.78 is 0.967. The fourth-order valence-corrected chi connectivity index (χ4v) is 2.55. The van der Waals surface area contributed by atoms with Crippen molar-refractivity contribution in [3.8, 4) is 0 Å². The van der Waals surface area contributed by atoms with Gasteiger partial charge in [-0.3, -0.25) is 4.79 Å². The first kappa shape index (κ1) is 14.7. The molecule has 0 radical (unpaired) electrons. The lowest BCUT2D eigenvalue weighted by molar-refractivity contribution is 0.0953. The summed E-state index contributed by atoms with van der Waals surface area (Å²) in [6, 6.07) is 5.67. The van der Waals surface area contributed by atoms with E-state index in [1.165, 1.54) is 0 Å². The Labute approximate surface area is 119 Å². The molecule has 4 heteroatoms. The van der Waals surface area contributed by atoms with E-state index < -0.39 is 0 Å². The van der Waals surface area contributed by atoms with Crippen LogP contribution in [0.4, 0.5) is 0 Å². The second-order valence-electron chi connectivity index (χ2n) is 4.01. The van der Waals surface area contributed by atoms with Crippen LogP contribution in [0.25, 0.3) is 0 Å². The van der Waals surface area contributed by atoms with Crippen molar-refractivity contribution in [2.45, 2.75) is 31.5 Å². The van der Waals surface area contributed by atoms with E-state index in [1.54, 1.807) is 0 Å². The van der Waals surface area contributed by atoms with E-state index in [9.17, 15) is 4.79 Å². The third-order valence-electron chi connectivity index (χ3n) is 2.60. The maximum atomic E-state index is 12.0. The topological polar surface area (TPSA) is 29.1 Å². The molecule has 1 atom stereocenters. The quantitative estimate of drug-likeness (QED) is 0.786. The highest BCUT2D eigenvalue weighted by molar-refractivity contribution is 9.10. The molecule has 0 aromatic heterocycles. The van der Waals surface area contributed by atoms with Crippen LogP contribution < -0.4 is 5.32 Å². The third-order valence-corrected chi connectivity index (χ3v) is 4.24. The summed E-state index contributed by atoms with van der Waals surface area (Å²) in [5.74, 6) is -0.00986. The van der Waals surface area contributed by atoms with E-state index in [0.717, 1.165) is 28.4 Å². The van der Waals surface area contributed by atoms with E-state index in [0.29, 0.717) is 11.4 Å². The van der Waals surface area contributed by atoms with Gasteiger partial charge in [0.1, 0.15) is 0 Å². The Kier molecular flexibility index (Phi) is 6.20. The summed E-state index contributed by atoms with van der Waals surface area (Å²) >= 11 is 6.98. The van der Waals surface area contributed by atoms with Crippen LogP contribution in [0.5, 0.6) is 0 Å². The highest BCUT2D eigenvalue weighted by Crippen LogP contribution is 2.19. The van der Waals surface area contributed by atoms with Gasteiger partial charge in [0.15, 0.2) is 0 Å². The lowest BCUT2D eigenvalue weighted by Crippen LogP contribution is -2.30. The van der Waals surface area contributed by atoms with E-state index in [-0.39, 0.29) is 5.91 Å². The molecule has 1 unspecified atom stereocenters. The van der Waals surface area contributed by atoms with Crippen LogP contribution in [-0.4, -0.2) is 17.3 Å². The Morgan fingerprint density at radius 1 is 1.47 bits per heavy atom. The van der Waals surface area contributed by atoms with Crippen LogP contribution >= 0.6 is 31.9 Å². The van der Waals surface area contributed by atoms with Gasteiger partial charge in [0, 0.05) is 21.4 Å². The lowest BCUT2D eigenvalue weighted by Gasteiger charge is -2.12. The molecule has 0 aliphatic carbocycles. The zero-order valence-electron chi connectivity index (χ0n) is 10.1. The van der Waals surface area contributed by atoms with Gasteiger partial charge < -0.3 is 5.32 Å². The zero-order chi connectivity index (χ0) is 12.8. The second-order valence-corrected chi connectivity index (χ2v) is 6.16. The number of alkyl halides is 1. The number of hydrogen-bond acceptors (Lipinski definition) is 1. The summed E-state index contributed by atoms with van der Waals surface area (Å²) in [5, 5.41) is 2.94. The van der Waals surface area contributed by atoms with Crippen molar-refractivity contribution in [2.24, 2.45) is 0 Å². The van der Waals surface area contributed by atoms with Crippen LogP contribution in [0.2, 0.25) is 0 Å². The first-order valence-electron chi connectivity index (χ1n) is 5.73. The zero-order valence-corrected chi connectivity index (χ0v) is 13.3. The molecular weight excluding hydrogens is 346 g/mol. The van der Waals surface area contributed by atoms with Crippen molar-refractivity contribution in [3.63, 3.8) is 0 Å². The van der Waals surface area contributed by atoms with Crippen LogP contribution in [-0.2, 0) is 0 Å². The molecule has 1 rings (SSSR count). The van der Waals surface area contributed by atoms with E-state index in [1.807, 2.05) is 25.1 Å². The van der Waals surface area contributed by atoms with Gasteiger partial charge in [0.2, 0.25) is 0 Å². The highest BCUT2D eigenvalue weighted by atomic mass is 79.9. The Morgan fingerprint density at radius 2 is 2.18 bits per heavy atom. The van der Waals surface area contributed by atoms with Gasteiger partial charge >= 0.3 is 0 Å². The molecule has 0 saturated carbocycles. The van der Waals surface area contributed by atoms with Crippen molar-refractivity contribution in [3.05, 3.63) is 33.8 Å². The average Bonchev–Trinajstić information content (AvgIpc) is 2.30. The summed E-state index contributed by atoms with van der Waals surface area (Å²) in [5.41, 5.74) is 1.71. The van der Waals surface area contributed by atoms with Crippen molar-refractivity contribution >= 4 is 37.8 Å². The molecule has 0 bridgehead atoms. The summed E-state index contributed by atoms with van der Waals surface area (Å²) in [7, 11) is 0. The van der Waals surface area contributed by atoms with Crippen LogP contribution in [0, 0.1) is 6.92 Å². The summed E-state index contributed by atoms with van der Waals surface area (Å²) in [6.07, 6.45) is 2.18. The van der Waals surface area contributed by atoms with Crippen molar-refractivity contribution < 1.29 is 4.79 Å². The molecular formula is C13H17Br2NO. The maximum absolute atomic E-state index is 12.0. The van der Waals surface area contributed by atoms with Gasteiger partial charge in [0.25, 0.3) is 5.91 Å². The fourth-order valence-electron chi connectivity index (χ4n) is 1.57. The smallest absolute Gasteiger partial charge is 0.251 e. The Hall–Kier alpha value is -0.350. The van der Waals surface area contributed by atoms with Crippen molar-refractivity contribution in [1.82, 2.24) is 5.32 Å². The van der Waals surface area contributed by atoms with E-state index in [4.69, 9.17) is 0 Å². The Bertz CT molecular complexity index is 393. The normalized spacial score (nSPS) is 12.2. The molecule has 0 saturated heterocycles. The van der Waals surface area contributed by atoms with E-state index in [2.05, 4.69) is 44.1 Å². The molecule has 1 aromatic carbocycles. The number of halogens is 2. The molecule has 94 valence electrons. The molecule has 0 heterocycles. The average molecular weight is 363 g/mol. The first-order valence-corrected chi connectivity index (χ1v) is 7.44. The second kappa shape index (κ2) is 7.17. The maximum Gasteiger partial charge on any atom is 0.251 e. The van der Waals surface area contributed by atoms with Crippen molar-refractivity contribution in [1.29, 1.82) is 0 Å². The number of benzene rings is 1.